The zero-order valence-corrected chi connectivity index (χ0v) is 13.1. The van der Waals surface area contributed by atoms with Gasteiger partial charge in [0.2, 0.25) is 11.8 Å². The lowest BCUT2D eigenvalue weighted by molar-refractivity contribution is -0.125. The highest BCUT2D eigenvalue weighted by Crippen LogP contribution is 2.21. The van der Waals surface area contributed by atoms with E-state index in [0.29, 0.717) is 0 Å². The Labute approximate surface area is 136 Å². The summed E-state index contributed by atoms with van der Waals surface area (Å²) in [6.07, 6.45) is 0. The van der Waals surface area contributed by atoms with Crippen molar-refractivity contribution in [3.8, 4) is 0 Å². The molecular formula is C18H21N3O2. The molecule has 0 atom stereocenters. The van der Waals surface area contributed by atoms with Gasteiger partial charge in [0.1, 0.15) is 0 Å². The molecule has 0 saturated heterocycles. The van der Waals surface area contributed by atoms with Gasteiger partial charge in [0.05, 0.1) is 19.1 Å². The number of hydrogen-bond acceptors (Lipinski definition) is 3. The summed E-state index contributed by atoms with van der Waals surface area (Å²) >= 11 is 0. The van der Waals surface area contributed by atoms with Gasteiger partial charge in [0, 0.05) is 7.05 Å². The van der Waals surface area contributed by atoms with Crippen LogP contribution >= 0.6 is 0 Å². The lowest BCUT2D eigenvalue weighted by atomic mass is 9.99. The fourth-order valence-corrected chi connectivity index (χ4v) is 2.24. The number of amides is 2. The summed E-state index contributed by atoms with van der Waals surface area (Å²) in [6, 6.07) is 19.8. The summed E-state index contributed by atoms with van der Waals surface area (Å²) < 4.78 is 0. The predicted molar refractivity (Wildman–Crippen MR) is 89.8 cm³/mol. The summed E-state index contributed by atoms with van der Waals surface area (Å²) in [7, 11) is 1.54. The van der Waals surface area contributed by atoms with Crippen LogP contribution in [0.3, 0.4) is 0 Å². The maximum atomic E-state index is 11.9. The van der Waals surface area contributed by atoms with E-state index in [1.165, 1.54) is 7.05 Å². The van der Waals surface area contributed by atoms with Gasteiger partial charge in [-0.2, -0.15) is 0 Å². The first-order valence-corrected chi connectivity index (χ1v) is 7.51. The van der Waals surface area contributed by atoms with Gasteiger partial charge in [-0.1, -0.05) is 60.7 Å². The van der Waals surface area contributed by atoms with Gasteiger partial charge in [-0.3, -0.25) is 14.9 Å². The van der Waals surface area contributed by atoms with Gasteiger partial charge in [0.15, 0.2) is 0 Å². The molecule has 0 aliphatic rings. The minimum Gasteiger partial charge on any atom is -0.358 e. The highest BCUT2D eigenvalue weighted by molar-refractivity contribution is 5.85. The minimum atomic E-state index is -0.221. The van der Waals surface area contributed by atoms with Crippen molar-refractivity contribution in [2.45, 2.75) is 6.04 Å². The van der Waals surface area contributed by atoms with Crippen LogP contribution in [0.25, 0.3) is 0 Å². The Hall–Kier alpha value is -2.66. The highest BCUT2D eigenvalue weighted by atomic mass is 16.2. The maximum absolute atomic E-state index is 11.9. The molecule has 5 nitrogen and oxygen atoms in total. The van der Waals surface area contributed by atoms with Crippen LogP contribution in [0.4, 0.5) is 0 Å². The van der Waals surface area contributed by atoms with E-state index in [9.17, 15) is 9.59 Å². The molecule has 5 heteroatoms. The Balaban J connectivity index is 2.02. The van der Waals surface area contributed by atoms with Crippen molar-refractivity contribution < 1.29 is 9.59 Å². The molecule has 2 aromatic rings. The van der Waals surface area contributed by atoms with Crippen molar-refractivity contribution in [3.05, 3.63) is 71.8 Å². The number of carbonyl (C=O) groups excluding carboxylic acids is 2. The smallest absolute Gasteiger partial charge is 0.239 e. The molecule has 3 N–H and O–H groups in total. The molecule has 2 amide bonds. The van der Waals surface area contributed by atoms with E-state index in [1.807, 2.05) is 60.7 Å². The van der Waals surface area contributed by atoms with E-state index in [1.54, 1.807) is 0 Å². The highest BCUT2D eigenvalue weighted by Gasteiger charge is 2.14. The van der Waals surface area contributed by atoms with Crippen molar-refractivity contribution in [1.29, 1.82) is 0 Å². The van der Waals surface area contributed by atoms with Crippen molar-refractivity contribution in [3.63, 3.8) is 0 Å². The Kier molecular flexibility index (Phi) is 6.32. The van der Waals surface area contributed by atoms with Crippen LogP contribution in [0.1, 0.15) is 17.2 Å². The summed E-state index contributed by atoms with van der Waals surface area (Å²) in [5, 5.41) is 8.29. The average Bonchev–Trinajstić information content (AvgIpc) is 2.61. The predicted octanol–water partition coefficient (Wildman–Crippen LogP) is 1.23. The standard InChI is InChI=1S/C18H21N3O2/c1-19-16(22)12-20-17(23)13-21-18(14-8-4-2-5-9-14)15-10-6-3-7-11-15/h2-11,18,21H,12-13H2,1H3,(H,19,22)(H,20,23). The summed E-state index contributed by atoms with van der Waals surface area (Å²) in [5.74, 6) is -0.438. The van der Waals surface area contributed by atoms with E-state index in [2.05, 4.69) is 16.0 Å². The van der Waals surface area contributed by atoms with Crippen molar-refractivity contribution in [2.24, 2.45) is 0 Å². The third-order valence-corrected chi connectivity index (χ3v) is 3.46. The largest absolute Gasteiger partial charge is 0.358 e. The molecular weight excluding hydrogens is 290 g/mol. The molecule has 0 aromatic heterocycles. The van der Waals surface area contributed by atoms with Crippen molar-refractivity contribution >= 4 is 11.8 Å². The van der Waals surface area contributed by atoms with E-state index in [0.717, 1.165) is 11.1 Å². The molecule has 0 fully saturated rings. The van der Waals surface area contributed by atoms with Crippen LogP contribution in [0.5, 0.6) is 0 Å². The molecule has 0 radical (unpaired) electrons. The fourth-order valence-electron chi connectivity index (χ4n) is 2.24. The van der Waals surface area contributed by atoms with Gasteiger partial charge in [0.25, 0.3) is 0 Å². The van der Waals surface area contributed by atoms with Crippen LogP contribution in [-0.4, -0.2) is 32.0 Å². The average molecular weight is 311 g/mol. The molecule has 0 aliphatic carbocycles. The van der Waals surface area contributed by atoms with E-state index >= 15 is 0 Å². The van der Waals surface area contributed by atoms with Crippen molar-refractivity contribution in [1.82, 2.24) is 16.0 Å². The topological polar surface area (TPSA) is 70.2 Å². The molecule has 2 aromatic carbocycles. The molecule has 0 saturated carbocycles. The van der Waals surface area contributed by atoms with Gasteiger partial charge in [-0.25, -0.2) is 0 Å². The third-order valence-electron chi connectivity index (χ3n) is 3.46. The van der Waals surface area contributed by atoms with Crippen LogP contribution in [0.2, 0.25) is 0 Å². The molecule has 120 valence electrons. The first kappa shape index (κ1) is 16.7. The Morgan fingerprint density at radius 3 is 1.83 bits per heavy atom. The number of benzene rings is 2. The van der Waals surface area contributed by atoms with Crippen molar-refractivity contribution in [2.75, 3.05) is 20.1 Å². The van der Waals surface area contributed by atoms with E-state index in [4.69, 9.17) is 0 Å². The monoisotopic (exact) mass is 311 g/mol. The fraction of sp³-hybridized carbons (Fsp3) is 0.222. The Morgan fingerprint density at radius 1 is 0.826 bits per heavy atom. The van der Waals surface area contributed by atoms with Crippen LogP contribution in [0.15, 0.2) is 60.7 Å². The Morgan fingerprint density at radius 2 is 1.35 bits per heavy atom. The van der Waals surface area contributed by atoms with Crippen LogP contribution < -0.4 is 16.0 Å². The first-order chi connectivity index (χ1) is 11.2. The third kappa shape index (κ3) is 5.23. The van der Waals surface area contributed by atoms with Gasteiger partial charge in [-0.15, -0.1) is 0 Å². The number of likely N-dealkylation sites (N-methyl/N-ethyl adjacent to an activating group) is 1. The number of nitrogens with one attached hydrogen (secondary N) is 3. The second-order valence-corrected chi connectivity index (χ2v) is 5.09. The summed E-state index contributed by atoms with van der Waals surface area (Å²) in [6.45, 7) is 0.115. The minimum absolute atomic E-state index is 0.0155. The molecule has 0 bridgehead atoms. The Bertz CT molecular complexity index is 590. The molecule has 2 rings (SSSR count). The van der Waals surface area contributed by atoms with E-state index in [-0.39, 0.29) is 30.9 Å². The SMILES string of the molecule is CNC(=O)CNC(=O)CNC(c1ccccc1)c1ccccc1. The molecule has 0 spiro atoms. The van der Waals surface area contributed by atoms with Gasteiger partial charge in [-0.05, 0) is 11.1 Å². The van der Waals surface area contributed by atoms with Crippen LogP contribution in [0, 0.1) is 0 Å². The quantitative estimate of drug-likeness (QED) is 0.720. The number of rotatable bonds is 7. The zero-order valence-electron chi connectivity index (χ0n) is 13.1. The lowest BCUT2D eigenvalue weighted by Gasteiger charge is -2.19. The first-order valence-electron chi connectivity index (χ1n) is 7.51. The van der Waals surface area contributed by atoms with Gasteiger partial charge < -0.3 is 10.6 Å². The second kappa shape index (κ2) is 8.70. The van der Waals surface area contributed by atoms with Crippen LogP contribution in [-0.2, 0) is 9.59 Å². The molecule has 0 aliphatic heterocycles. The van der Waals surface area contributed by atoms with E-state index < -0.39 is 0 Å². The summed E-state index contributed by atoms with van der Waals surface area (Å²) in [4.78, 5) is 23.0. The van der Waals surface area contributed by atoms with Gasteiger partial charge >= 0.3 is 0 Å². The number of carbonyl (C=O) groups is 2. The molecule has 23 heavy (non-hydrogen) atoms. The zero-order chi connectivity index (χ0) is 16.5. The maximum Gasteiger partial charge on any atom is 0.239 e. The lowest BCUT2D eigenvalue weighted by Crippen LogP contribution is -2.40. The summed E-state index contributed by atoms with van der Waals surface area (Å²) in [5.41, 5.74) is 2.16. The molecule has 0 heterocycles. The molecule has 0 unspecified atom stereocenters. The second-order valence-electron chi connectivity index (χ2n) is 5.09. The number of hydrogen-bond donors (Lipinski definition) is 3. The normalized spacial score (nSPS) is 10.3.